The summed E-state index contributed by atoms with van der Waals surface area (Å²) in [7, 11) is 1.58. The lowest BCUT2D eigenvalue weighted by atomic mass is 10.3. The molecular formula is C19H22N4O5. The number of carbonyl (C=O) groups excluding carboxylic acids is 1. The molecule has 0 aliphatic carbocycles. The summed E-state index contributed by atoms with van der Waals surface area (Å²) in [6.07, 6.45) is 2.04. The average Bonchev–Trinajstić information content (AvgIpc) is 2.98. The molecule has 1 fully saturated rings. The lowest BCUT2D eigenvalue weighted by Crippen LogP contribution is -2.38. The summed E-state index contributed by atoms with van der Waals surface area (Å²) < 4.78 is 10.7. The van der Waals surface area contributed by atoms with Crippen molar-refractivity contribution in [3.8, 4) is 11.5 Å². The molecule has 0 unspecified atom stereocenters. The van der Waals surface area contributed by atoms with E-state index >= 15 is 0 Å². The second-order valence-corrected chi connectivity index (χ2v) is 6.32. The van der Waals surface area contributed by atoms with E-state index in [9.17, 15) is 14.9 Å². The van der Waals surface area contributed by atoms with Gasteiger partial charge in [0.2, 0.25) is 0 Å². The second-order valence-electron chi connectivity index (χ2n) is 6.32. The highest BCUT2D eigenvalue weighted by molar-refractivity contribution is 5.78. The van der Waals surface area contributed by atoms with Crippen LogP contribution in [0.15, 0.2) is 42.6 Å². The van der Waals surface area contributed by atoms with Crippen LogP contribution in [-0.4, -0.2) is 60.6 Å². The number of methoxy groups -OCH3 is 1. The van der Waals surface area contributed by atoms with Gasteiger partial charge in [0.15, 0.2) is 6.61 Å². The Morgan fingerprint density at radius 2 is 2.00 bits per heavy atom. The quantitative estimate of drug-likeness (QED) is 0.554. The highest BCUT2D eigenvalue weighted by Gasteiger charge is 2.20. The van der Waals surface area contributed by atoms with Crippen LogP contribution in [0.1, 0.15) is 6.42 Å². The zero-order chi connectivity index (χ0) is 19.9. The minimum Gasteiger partial charge on any atom is -0.497 e. The number of hydrogen-bond donors (Lipinski definition) is 0. The van der Waals surface area contributed by atoms with Gasteiger partial charge in [-0.2, -0.15) is 0 Å². The summed E-state index contributed by atoms with van der Waals surface area (Å²) in [4.78, 5) is 30.8. The van der Waals surface area contributed by atoms with Gasteiger partial charge in [0.1, 0.15) is 23.5 Å². The van der Waals surface area contributed by atoms with Crippen LogP contribution >= 0.6 is 0 Å². The lowest BCUT2D eigenvalue weighted by Gasteiger charge is -2.22. The van der Waals surface area contributed by atoms with E-state index in [1.807, 2.05) is 11.0 Å². The van der Waals surface area contributed by atoms with Crippen molar-refractivity contribution in [2.45, 2.75) is 6.42 Å². The molecule has 1 aromatic carbocycles. The van der Waals surface area contributed by atoms with E-state index < -0.39 is 4.92 Å². The zero-order valence-corrected chi connectivity index (χ0v) is 15.6. The topological polar surface area (TPSA) is 98.0 Å². The van der Waals surface area contributed by atoms with E-state index in [1.54, 1.807) is 36.3 Å². The zero-order valence-electron chi connectivity index (χ0n) is 15.6. The molecule has 1 saturated heterocycles. The Hall–Kier alpha value is -3.36. The van der Waals surface area contributed by atoms with Gasteiger partial charge in [0.25, 0.3) is 11.6 Å². The van der Waals surface area contributed by atoms with Crippen LogP contribution in [0.2, 0.25) is 0 Å². The first-order valence-electron chi connectivity index (χ1n) is 8.97. The number of anilines is 1. The Morgan fingerprint density at radius 3 is 2.71 bits per heavy atom. The van der Waals surface area contributed by atoms with Gasteiger partial charge < -0.3 is 19.3 Å². The van der Waals surface area contributed by atoms with Gasteiger partial charge in [0, 0.05) is 38.3 Å². The van der Waals surface area contributed by atoms with E-state index in [0.717, 1.165) is 13.0 Å². The number of ether oxygens (including phenoxy) is 2. The van der Waals surface area contributed by atoms with Crippen molar-refractivity contribution in [2.75, 3.05) is 44.8 Å². The maximum atomic E-state index is 12.5. The molecule has 1 aliphatic rings. The maximum Gasteiger partial charge on any atom is 0.287 e. The van der Waals surface area contributed by atoms with E-state index in [1.165, 1.54) is 12.3 Å². The Bertz CT molecular complexity index is 827. The van der Waals surface area contributed by atoms with Gasteiger partial charge in [-0.05, 0) is 24.6 Å². The number of carbonyl (C=O) groups is 1. The van der Waals surface area contributed by atoms with Crippen LogP contribution in [0.4, 0.5) is 11.5 Å². The lowest BCUT2D eigenvalue weighted by molar-refractivity contribution is -0.385. The third-order valence-corrected chi connectivity index (χ3v) is 4.52. The Morgan fingerprint density at radius 1 is 1.18 bits per heavy atom. The molecule has 0 atom stereocenters. The van der Waals surface area contributed by atoms with Gasteiger partial charge in [-0.15, -0.1) is 0 Å². The molecule has 1 aliphatic heterocycles. The first-order chi connectivity index (χ1) is 13.6. The minimum absolute atomic E-state index is 0.0370. The fraction of sp³-hybridized carbons (Fsp3) is 0.368. The third kappa shape index (κ3) is 4.87. The first kappa shape index (κ1) is 19.4. The van der Waals surface area contributed by atoms with Crippen molar-refractivity contribution in [3.05, 3.63) is 52.7 Å². The van der Waals surface area contributed by atoms with Crippen LogP contribution in [-0.2, 0) is 4.79 Å². The average molecular weight is 386 g/mol. The number of aromatic nitrogens is 1. The molecule has 2 aromatic rings. The Kier molecular flexibility index (Phi) is 6.25. The van der Waals surface area contributed by atoms with Gasteiger partial charge >= 0.3 is 0 Å². The summed E-state index contributed by atoms with van der Waals surface area (Å²) in [5.41, 5.74) is -0.0370. The van der Waals surface area contributed by atoms with Crippen LogP contribution in [0, 0.1) is 10.1 Å². The SMILES string of the molecule is COc1cccc(OCC(=O)N2CCCN(c3ccc([N+](=O)[O-])cn3)CC2)c1. The summed E-state index contributed by atoms with van der Waals surface area (Å²) in [6, 6.07) is 10.2. The normalized spacial score (nSPS) is 14.3. The summed E-state index contributed by atoms with van der Waals surface area (Å²) in [5, 5.41) is 10.8. The van der Waals surface area contributed by atoms with E-state index in [0.29, 0.717) is 37.0 Å². The molecule has 1 amide bonds. The number of nitrogens with zero attached hydrogens (tertiary/aromatic N) is 4. The van der Waals surface area contributed by atoms with Gasteiger partial charge in [0.05, 0.1) is 12.0 Å². The molecule has 0 bridgehead atoms. The molecule has 1 aromatic heterocycles. The van der Waals surface area contributed by atoms with Gasteiger partial charge in [-0.3, -0.25) is 14.9 Å². The van der Waals surface area contributed by atoms with Crippen molar-refractivity contribution in [1.29, 1.82) is 0 Å². The van der Waals surface area contributed by atoms with Crippen molar-refractivity contribution in [2.24, 2.45) is 0 Å². The Labute approximate surface area is 162 Å². The van der Waals surface area contributed by atoms with Crippen molar-refractivity contribution in [1.82, 2.24) is 9.88 Å². The first-order valence-corrected chi connectivity index (χ1v) is 8.97. The molecule has 9 nitrogen and oxygen atoms in total. The number of pyridine rings is 1. The van der Waals surface area contributed by atoms with Crippen LogP contribution < -0.4 is 14.4 Å². The monoisotopic (exact) mass is 386 g/mol. The minimum atomic E-state index is -0.470. The largest absolute Gasteiger partial charge is 0.497 e. The van der Waals surface area contributed by atoms with Crippen molar-refractivity contribution in [3.63, 3.8) is 0 Å². The summed E-state index contributed by atoms with van der Waals surface area (Å²) in [6.45, 7) is 2.47. The molecule has 0 N–H and O–H groups in total. The number of amides is 1. The fourth-order valence-electron chi connectivity index (χ4n) is 3.00. The van der Waals surface area contributed by atoms with E-state index in [2.05, 4.69) is 4.98 Å². The van der Waals surface area contributed by atoms with Crippen LogP contribution in [0.3, 0.4) is 0 Å². The third-order valence-electron chi connectivity index (χ3n) is 4.52. The van der Waals surface area contributed by atoms with E-state index in [4.69, 9.17) is 9.47 Å². The number of nitro groups is 1. The fourth-order valence-corrected chi connectivity index (χ4v) is 3.00. The maximum absolute atomic E-state index is 12.5. The van der Waals surface area contributed by atoms with Gasteiger partial charge in [-0.1, -0.05) is 6.07 Å². The highest BCUT2D eigenvalue weighted by atomic mass is 16.6. The van der Waals surface area contributed by atoms with Gasteiger partial charge in [-0.25, -0.2) is 4.98 Å². The molecule has 9 heteroatoms. The summed E-state index contributed by atoms with van der Waals surface area (Å²) in [5.74, 6) is 1.85. The summed E-state index contributed by atoms with van der Waals surface area (Å²) >= 11 is 0. The predicted octanol–water partition coefficient (Wildman–Crippen LogP) is 2.12. The molecule has 0 radical (unpaired) electrons. The van der Waals surface area contributed by atoms with E-state index in [-0.39, 0.29) is 18.2 Å². The predicted molar refractivity (Wildman–Crippen MR) is 103 cm³/mol. The highest BCUT2D eigenvalue weighted by Crippen LogP contribution is 2.20. The smallest absolute Gasteiger partial charge is 0.287 e. The molecule has 148 valence electrons. The number of benzene rings is 1. The van der Waals surface area contributed by atoms with Crippen LogP contribution in [0.5, 0.6) is 11.5 Å². The molecular weight excluding hydrogens is 364 g/mol. The molecule has 2 heterocycles. The molecule has 0 saturated carbocycles. The Balaban J connectivity index is 1.53. The molecule has 3 rings (SSSR count). The molecule has 28 heavy (non-hydrogen) atoms. The number of hydrogen-bond acceptors (Lipinski definition) is 7. The van der Waals surface area contributed by atoms with Crippen LogP contribution in [0.25, 0.3) is 0 Å². The van der Waals surface area contributed by atoms with Crippen molar-refractivity contribution >= 4 is 17.4 Å². The van der Waals surface area contributed by atoms with Crippen molar-refractivity contribution < 1.29 is 19.2 Å². The number of rotatable bonds is 6. The standard InChI is InChI=1S/C19H22N4O5/c1-27-16-4-2-5-17(12-16)28-14-19(24)22-9-3-8-21(10-11-22)18-7-6-15(13-20-18)23(25)26/h2,4-7,12-13H,3,8-11,14H2,1H3. The molecule has 0 spiro atoms. The second kappa shape index (κ2) is 9.03.